The van der Waals surface area contributed by atoms with E-state index in [9.17, 15) is 13.2 Å². The van der Waals surface area contributed by atoms with Gasteiger partial charge in [0.2, 0.25) is 0 Å². The topological polar surface area (TPSA) is 56.7 Å². The van der Waals surface area contributed by atoms with E-state index in [0.29, 0.717) is 6.04 Å². The Kier molecular flexibility index (Phi) is 6.94. The van der Waals surface area contributed by atoms with Crippen molar-refractivity contribution in [1.29, 1.82) is 0 Å². The van der Waals surface area contributed by atoms with Crippen LogP contribution in [0.3, 0.4) is 0 Å². The fourth-order valence-corrected chi connectivity index (χ4v) is 1.94. The fraction of sp³-hybridized carbons (Fsp3) is 0.400. The van der Waals surface area contributed by atoms with Gasteiger partial charge in [-0.1, -0.05) is 36.4 Å². The Hall–Kier alpha value is -1.82. The molecule has 0 radical (unpaired) electrons. The molecule has 116 valence electrons. The third-order valence-corrected chi connectivity index (χ3v) is 3.02. The molecule has 1 unspecified atom stereocenters. The van der Waals surface area contributed by atoms with Crippen molar-refractivity contribution in [2.75, 3.05) is 0 Å². The van der Waals surface area contributed by atoms with Crippen LogP contribution in [0, 0.1) is 0 Å². The van der Waals surface area contributed by atoms with E-state index in [4.69, 9.17) is 9.90 Å². The normalized spacial score (nSPS) is 17.8. The number of allylic oxidation sites excluding steroid dienone is 1. The van der Waals surface area contributed by atoms with Crippen LogP contribution in [0.2, 0.25) is 0 Å². The molecule has 1 aromatic rings. The van der Waals surface area contributed by atoms with E-state index in [1.807, 2.05) is 0 Å². The van der Waals surface area contributed by atoms with Crippen LogP contribution in [0.1, 0.15) is 24.8 Å². The smallest absolute Gasteiger partial charge is 0.430 e. The van der Waals surface area contributed by atoms with Crippen LogP contribution < -0.4 is 10.4 Å². The van der Waals surface area contributed by atoms with Crippen molar-refractivity contribution < 1.29 is 28.4 Å². The van der Waals surface area contributed by atoms with Gasteiger partial charge in [-0.2, -0.15) is 13.2 Å². The minimum Gasteiger partial charge on any atom is -0.542 e. The molecule has 0 amide bonds. The number of nitrogens with two attached hydrogens (primary N) is 1. The first-order chi connectivity index (χ1) is 9.89. The molecule has 0 bridgehead atoms. The number of hydrogen-bond acceptors (Lipinski definition) is 2. The molecular weight excluding hydrogens is 283 g/mol. The Morgan fingerprint density at radius 2 is 1.90 bits per heavy atom. The first-order valence-electron chi connectivity index (χ1n) is 6.71. The van der Waals surface area contributed by atoms with Crippen molar-refractivity contribution in [1.82, 2.24) is 0 Å². The van der Waals surface area contributed by atoms with Crippen molar-refractivity contribution in [2.45, 2.75) is 38.0 Å². The number of benzene rings is 1. The maximum Gasteiger partial charge on any atom is 0.430 e. The number of carbonyl (C=O) groups excluding carboxylic acids is 1. The highest BCUT2D eigenvalue weighted by Gasteiger charge is 2.28. The highest BCUT2D eigenvalue weighted by atomic mass is 19.4. The molecule has 1 atom stereocenters. The zero-order chi connectivity index (χ0) is 15.7. The molecule has 0 spiro atoms. The van der Waals surface area contributed by atoms with Crippen LogP contribution in [0.25, 0.3) is 0 Å². The molecule has 0 aliphatic heterocycles. The number of halogens is 3. The van der Waals surface area contributed by atoms with E-state index in [1.165, 1.54) is 24.8 Å². The molecule has 3 nitrogen and oxygen atoms in total. The number of alkyl halides is 3. The van der Waals surface area contributed by atoms with Gasteiger partial charge in [-0.25, -0.2) is 0 Å². The number of quaternary nitrogens is 1. The SMILES string of the molecule is C1=CC([NH2+]Cc2ccccc2)CCC1.O=C([O-])C(F)(F)F. The number of carbonyl (C=O) groups is 1. The molecule has 2 N–H and O–H groups in total. The molecule has 0 fully saturated rings. The third-order valence-electron chi connectivity index (χ3n) is 3.02. The summed E-state index contributed by atoms with van der Waals surface area (Å²) in [6.45, 7) is 1.11. The lowest BCUT2D eigenvalue weighted by Gasteiger charge is -2.14. The summed E-state index contributed by atoms with van der Waals surface area (Å²) >= 11 is 0. The second kappa shape index (κ2) is 8.46. The third kappa shape index (κ3) is 7.51. The van der Waals surface area contributed by atoms with Crippen molar-refractivity contribution in [3.63, 3.8) is 0 Å². The summed E-state index contributed by atoms with van der Waals surface area (Å²) in [5, 5.41) is 11.2. The second-order valence-corrected chi connectivity index (χ2v) is 4.73. The molecular formula is C15H18F3NO2. The van der Waals surface area contributed by atoms with E-state index in [-0.39, 0.29) is 0 Å². The molecule has 1 aliphatic rings. The number of carboxylic acid groups (broad SMARTS) is 1. The number of aliphatic carboxylic acids is 1. The van der Waals surface area contributed by atoms with Crippen LogP contribution >= 0.6 is 0 Å². The average Bonchev–Trinajstić information content (AvgIpc) is 2.47. The van der Waals surface area contributed by atoms with E-state index < -0.39 is 12.1 Å². The molecule has 0 saturated carbocycles. The van der Waals surface area contributed by atoms with Gasteiger partial charge in [0.1, 0.15) is 18.6 Å². The van der Waals surface area contributed by atoms with Crippen molar-refractivity contribution in [3.05, 3.63) is 48.0 Å². The Balaban J connectivity index is 0.000000270. The summed E-state index contributed by atoms with van der Waals surface area (Å²) in [7, 11) is 0. The lowest BCUT2D eigenvalue weighted by Crippen LogP contribution is -2.88. The van der Waals surface area contributed by atoms with E-state index in [0.717, 1.165) is 6.54 Å². The lowest BCUT2D eigenvalue weighted by molar-refractivity contribution is -0.695. The minimum atomic E-state index is -5.19. The van der Waals surface area contributed by atoms with Crippen LogP contribution in [0.5, 0.6) is 0 Å². The molecule has 1 aromatic carbocycles. The molecule has 0 heterocycles. The van der Waals surface area contributed by atoms with Gasteiger partial charge in [0.25, 0.3) is 0 Å². The predicted molar refractivity (Wildman–Crippen MR) is 69.9 cm³/mol. The monoisotopic (exact) mass is 301 g/mol. The summed E-state index contributed by atoms with van der Waals surface area (Å²) < 4.78 is 31.5. The Bertz CT molecular complexity index is 458. The van der Waals surface area contributed by atoms with Crippen LogP contribution in [0.15, 0.2) is 42.5 Å². The minimum absolute atomic E-state index is 0.712. The highest BCUT2D eigenvalue weighted by Crippen LogP contribution is 2.11. The number of rotatable bonds is 3. The summed E-state index contributed by atoms with van der Waals surface area (Å²) in [6.07, 6.45) is 3.44. The Morgan fingerprint density at radius 1 is 1.29 bits per heavy atom. The first kappa shape index (κ1) is 17.2. The largest absolute Gasteiger partial charge is 0.542 e. The van der Waals surface area contributed by atoms with E-state index >= 15 is 0 Å². The van der Waals surface area contributed by atoms with Crippen LogP contribution in [-0.2, 0) is 11.3 Å². The first-order valence-corrected chi connectivity index (χ1v) is 6.71. The van der Waals surface area contributed by atoms with Gasteiger partial charge in [-0.3, -0.25) is 0 Å². The van der Waals surface area contributed by atoms with Gasteiger partial charge in [0, 0.05) is 12.0 Å². The summed E-state index contributed by atoms with van der Waals surface area (Å²) in [5.41, 5.74) is 1.42. The number of hydrogen-bond donors (Lipinski definition) is 1. The molecule has 0 aromatic heterocycles. The average molecular weight is 301 g/mol. The van der Waals surface area contributed by atoms with Crippen LogP contribution in [-0.4, -0.2) is 18.2 Å². The quantitative estimate of drug-likeness (QED) is 0.852. The van der Waals surface area contributed by atoms with Crippen molar-refractivity contribution in [3.8, 4) is 0 Å². The molecule has 1 aliphatic carbocycles. The van der Waals surface area contributed by atoms with Gasteiger partial charge in [0.05, 0.1) is 0 Å². The second-order valence-electron chi connectivity index (χ2n) is 4.73. The predicted octanol–water partition coefficient (Wildman–Crippen LogP) is 1.16. The van der Waals surface area contributed by atoms with E-state index in [2.05, 4.69) is 47.8 Å². The van der Waals surface area contributed by atoms with Gasteiger partial charge in [0.15, 0.2) is 0 Å². The van der Waals surface area contributed by atoms with Crippen molar-refractivity contribution in [2.24, 2.45) is 0 Å². The standard InChI is InChI=1S/C13H17N.C2HF3O2/c1-3-7-12(8-4-1)11-14-13-9-5-2-6-10-13;3-2(4,5)1(6)7/h1,3-5,7-9,13-14H,2,6,10-11H2;(H,6,7). The van der Waals surface area contributed by atoms with Gasteiger partial charge in [-0.05, 0) is 18.9 Å². The molecule has 6 heteroatoms. The maximum absolute atomic E-state index is 10.5. The maximum atomic E-state index is 10.5. The highest BCUT2D eigenvalue weighted by molar-refractivity contribution is 5.70. The zero-order valence-electron chi connectivity index (χ0n) is 11.5. The molecule has 0 saturated heterocycles. The Labute approximate surface area is 121 Å². The zero-order valence-corrected chi connectivity index (χ0v) is 11.5. The molecule has 21 heavy (non-hydrogen) atoms. The van der Waals surface area contributed by atoms with Gasteiger partial charge in [-0.15, -0.1) is 0 Å². The number of carboxylic acids is 1. The van der Waals surface area contributed by atoms with E-state index in [1.54, 1.807) is 0 Å². The Morgan fingerprint density at radius 3 is 2.38 bits per heavy atom. The summed E-state index contributed by atoms with van der Waals surface area (Å²) in [5.74, 6) is -3.01. The van der Waals surface area contributed by atoms with Gasteiger partial charge < -0.3 is 15.2 Å². The lowest BCUT2D eigenvalue weighted by atomic mass is 10.0. The summed E-state index contributed by atoms with van der Waals surface area (Å²) in [6, 6.07) is 11.4. The van der Waals surface area contributed by atoms with Crippen LogP contribution in [0.4, 0.5) is 13.2 Å². The van der Waals surface area contributed by atoms with Crippen molar-refractivity contribution >= 4 is 5.97 Å². The molecule has 2 rings (SSSR count). The summed E-state index contributed by atoms with van der Waals surface area (Å²) in [4.78, 5) is 8.78. The van der Waals surface area contributed by atoms with Gasteiger partial charge >= 0.3 is 6.18 Å². The fourth-order valence-electron chi connectivity index (χ4n) is 1.94.